The maximum Gasteiger partial charge on any atom is 0.176 e. The quantitative estimate of drug-likeness (QED) is 0.911. The van der Waals surface area contributed by atoms with Gasteiger partial charge >= 0.3 is 0 Å². The number of rotatable bonds is 4. The Hall–Kier alpha value is -1.52. The monoisotopic (exact) mass is 260 g/mol. The van der Waals surface area contributed by atoms with E-state index < -0.39 is 0 Å². The molecule has 1 aliphatic rings. The van der Waals surface area contributed by atoms with Gasteiger partial charge in [0.1, 0.15) is 5.76 Å². The normalized spacial score (nSPS) is 16.9. The maximum absolute atomic E-state index is 5.91. The molecule has 0 radical (unpaired) electrons. The summed E-state index contributed by atoms with van der Waals surface area (Å²) in [6.07, 6.45) is 0.956. The summed E-state index contributed by atoms with van der Waals surface area (Å²) in [5.41, 5.74) is 0.861. The summed E-state index contributed by atoms with van der Waals surface area (Å²) in [7, 11) is 1.68. The van der Waals surface area contributed by atoms with Crippen LogP contribution in [0.5, 0.6) is 5.75 Å². The van der Waals surface area contributed by atoms with E-state index in [1.807, 2.05) is 12.1 Å². The summed E-state index contributed by atoms with van der Waals surface area (Å²) in [5.74, 6) is 1.85. The highest BCUT2D eigenvalue weighted by molar-refractivity contribution is 5.83. The molecule has 3 rings (SSSR count). The van der Waals surface area contributed by atoms with Crippen LogP contribution in [0.25, 0.3) is 11.0 Å². The molecule has 1 saturated heterocycles. The third-order valence-corrected chi connectivity index (χ3v) is 3.66. The molecule has 2 heterocycles. The Kier molecular flexibility index (Phi) is 3.71. The third-order valence-electron chi connectivity index (χ3n) is 3.66. The van der Waals surface area contributed by atoms with Gasteiger partial charge in [0.25, 0.3) is 0 Å². The van der Waals surface area contributed by atoms with Crippen molar-refractivity contribution in [1.29, 1.82) is 0 Å². The highest BCUT2D eigenvalue weighted by Gasteiger charge is 2.12. The van der Waals surface area contributed by atoms with Crippen LogP contribution in [0.15, 0.2) is 28.7 Å². The van der Waals surface area contributed by atoms with E-state index in [0.717, 1.165) is 61.6 Å². The lowest BCUT2D eigenvalue weighted by Crippen LogP contribution is -2.44. The lowest BCUT2D eigenvalue weighted by molar-refractivity contribution is 0.239. The van der Waals surface area contributed by atoms with Gasteiger partial charge in [0.15, 0.2) is 11.3 Å². The van der Waals surface area contributed by atoms with E-state index in [0.29, 0.717) is 0 Å². The number of nitrogens with zero attached hydrogens (tertiary/aromatic N) is 1. The minimum absolute atomic E-state index is 0.811. The van der Waals surface area contributed by atoms with Crippen LogP contribution >= 0.6 is 0 Å². The van der Waals surface area contributed by atoms with Gasteiger partial charge in [-0.1, -0.05) is 12.1 Å². The van der Waals surface area contributed by atoms with E-state index in [9.17, 15) is 0 Å². The van der Waals surface area contributed by atoms with Crippen LogP contribution in [-0.2, 0) is 6.42 Å². The SMILES string of the molecule is COc1cccc2cc(CCN3CCNCC3)oc12. The zero-order valence-electron chi connectivity index (χ0n) is 11.3. The number of methoxy groups -OCH3 is 1. The Balaban J connectivity index is 1.70. The Morgan fingerprint density at radius 1 is 1.32 bits per heavy atom. The summed E-state index contributed by atoms with van der Waals surface area (Å²) < 4.78 is 11.2. The van der Waals surface area contributed by atoms with Crippen molar-refractivity contribution in [1.82, 2.24) is 10.2 Å². The molecule has 0 atom stereocenters. The van der Waals surface area contributed by atoms with Gasteiger partial charge < -0.3 is 19.4 Å². The molecule has 1 aromatic heterocycles. The van der Waals surface area contributed by atoms with E-state index in [4.69, 9.17) is 9.15 Å². The predicted octanol–water partition coefficient (Wildman–Crippen LogP) is 1.89. The van der Waals surface area contributed by atoms with Gasteiger partial charge in [0.2, 0.25) is 0 Å². The van der Waals surface area contributed by atoms with Crippen molar-refractivity contribution in [2.75, 3.05) is 39.8 Å². The largest absolute Gasteiger partial charge is 0.493 e. The summed E-state index contributed by atoms with van der Waals surface area (Å²) in [4.78, 5) is 2.47. The molecule has 0 spiro atoms. The number of hydrogen-bond donors (Lipinski definition) is 1. The molecule has 4 heteroatoms. The van der Waals surface area contributed by atoms with Gasteiger partial charge in [-0.3, -0.25) is 0 Å². The first-order valence-electron chi connectivity index (χ1n) is 6.85. The fourth-order valence-corrected chi connectivity index (χ4v) is 2.58. The maximum atomic E-state index is 5.91. The van der Waals surface area contributed by atoms with Gasteiger partial charge in [-0.15, -0.1) is 0 Å². The zero-order chi connectivity index (χ0) is 13.1. The van der Waals surface area contributed by atoms with Crippen LogP contribution in [0.2, 0.25) is 0 Å². The standard InChI is InChI=1S/C15H20N2O2/c1-18-14-4-2-3-12-11-13(19-15(12)14)5-8-17-9-6-16-7-10-17/h2-4,11,16H,5-10H2,1H3. The zero-order valence-corrected chi connectivity index (χ0v) is 11.3. The number of ether oxygens (including phenoxy) is 1. The average molecular weight is 260 g/mol. The van der Waals surface area contributed by atoms with Crippen molar-refractivity contribution in [2.45, 2.75) is 6.42 Å². The second-order valence-electron chi connectivity index (χ2n) is 4.93. The molecular formula is C15H20N2O2. The van der Waals surface area contributed by atoms with Crippen LogP contribution in [-0.4, -0.2) is 44.7 Å². The second kappa shape index (κ2) is 5.63. The van der Waals surface area contributed by atoms with Crippen molar-refractivity contribution >= 4 is 11.0 Å². The van der Waals surface area contributed by atoms with E-state index in [1.165, 1.54) is 0 Å². The molecule has 0 unspecified atom stereocenters. The molecule has 0 bridgehead atoms. The van der Waals surface area contributed by atoms with E-state index in [1.54, 1.807) is 7.11 Å². The molecule has 1 N–H and O–H groups in total. The lowest BCUT2D eigenvalue weighted by Gasteiger charge is -2.26. The van der Waals surface area contributed by atoms with E-state index >= 15 is 0 Å². The van der Waals surface area contributed by atoms with Crippen molar-refractivity contribution in [2.24, 2.45) is 0 Å². The number of fused-ring (bicyclic) bond motifs is 1. The van der Waals surface area contributed by atoms with Gasteiger partial charge in [-0.2, -0.15) is 0 Å². The fraction of sp³-hybridized carbons (Fsp3) is 0.467. The number of nitrogens with one attached hydrogen (secondary N) is 1. The van der Waals surface area contributed by atoms with Crippen LogP contribution in [0.1, 0.15) is 5.76 Å². The van der Waals surface area contributed by atoms with Crippen LogP contribution in [0.3, 0.4) is 0 Å². The molecule has 19 heavy (non-hydrogen) atoms. The second-order valence-corrected chi connectivity index (χ2v) is 4.93. The first-order chi connectivity index (χ1) is 9.36. The number of para-hydroxylation sites is 1. The molecular weight excluding hydrogens is 240 g/mol. The molecule has 0 saturated carbocycles. The molecule has 0 amide bonds. The van der Waals surface area contributed by atoms with E-state index in [-0.39, 0.29) is 0 Å². The Morgan fingerprint density at radius 3 is 2.95 bits per heavy atom. The summed E-state index contributed by atoms with van der Waals surface area (Å²) >= 11 is 0. The summed E-state index contributed by atoms with van der Waals surface area (Å²) in [5, 5.41) is 4.49. The molecule has 0 aliphatic carbocycles. The molecule has 1 aliphatic heterocycles. The van der Waals surface area contributed by atoms with Crippen LogP contribution in [0.4, 0.5) is 0 Å². The molecule has 2 aromatic rings. The number of piperazine rings is 1. The number of hydrogen-bond acceptors (Lipinski definition) is 4. The first kappa shape index (κ1) is 12.5. The third kappa shape index (κ3) is 2.74. The van der Waals surface area contributed by atoms with Crippen molar-refractivity contribution in [3.8, 4) is 5.75 Å². The van der Waals surface area contributed by atoms with Crippen molar-refractivity contribution in [3.63, 3.8) is 0 Å². The number of furan rings is 1. The predicted molar refractivity (Wildman–Crippen MR) is 75.8 cm³/mol. The fourth-order valence-electron chi connectivity index (χ4n) is 2.58. The van der Waals surface area contributed by atoms with Crippen LogP contribution in [0, 0.1) is 0 Å². The van der Waals surface area contributed by atoms with Crippen molar-refractivity contribution < 1.29 is 9.15 Å². The van der Waals surface area contributed by atoms with Gasteiger partial charge in [0, 0.05) is 44.5 Å². The Labute approximate surface area is 113 Å². The highest BCUT2D eigenvalue weighted by atomic mass is 16.5. The smallest absolute Gasteiger partial charge is 0.176 e. The molecule has 1 fully saturated rings. The minimum Gasteiger partial charge on any atom is -0.493 e. The van der Waals surface area contributed by atoms with Gasteiger partial charge in [0.05, 0.1) is 7.11 Å². The van der Waals surface area contributed by atoms with Gasteiger partial charge in [-0.05, 0) is 12.1 Å². The van der Waals surface area contributed by atoms with Crippen LogP contribution < -0.4 is 10.1 Å². The summed E-state index contributed by atoms with van der Waals surface area (Å²) in [6.45, 7) is 5.50. The first-order valence-corrected chi connectivity index (χ1v) is 6.85. The molecule has 4 nitrogen and oxygen atoms in total. The van der Waals surface area contributed by atoms with Gasteiger partial charge in [-0.25, -0.2) is 0 Å². The Bertz CT molecular complexity index is 544. The molecule has 1 aromatic carbocycles. The topological polar surface area (TPSA) is 37.6 Å². The Morgan fingerprint density at radius 2 is 2.16 bits per heavy atom. The number of benzene rings is 1. The molecule has 102 valence electrons. The average Bonchev–Trinajstić information content (AvgIpc) is 2.89. The minimum atomic E-state index is 0.811. The van der Waals surface area contributed by atoms with E-state index in [2.05, 4.69) is 22.3 Å². The summed E-state index contributed by atoms with van der Waals surface area (Å²) in [6, 6.07) is 8.12. The lowest BCUT2D eigenvalue weighted by atomic mass is 10.2. The highest BCUT2D eigenvalue weighted by Crippen LogP contribution is 2.28. The van der Waals surface area contributed by atoms with Crippen molar-refractivity contribution in [3.05, 3.63) is 30.0 Å².